The van der Waals surface area contributed by atoms with Gasteiger partial charge in [-0.1, -0.05) is 47.6 Å². The number of hydrogen-bond donors (Lipinski definition) is 1. The van der Waals surface area contributed by atoms with Gasteiger partial charge in [-0.3, -0.25) is 9.59 Å². The highest BCUT2D eigenvalue weighted by Crippen LogP contribution is 2.52. The molecular weight excluding hydrogens is 482 g/mol. The van der Waals surface area contributed by atoms with Crippen molar-refractivity contribution in [1.29, 1.82) is 0 Å². The quantitative estimate of drug-likeness (QED) is 0.357. The molecule has 1 saturated carbocycles. The summed E-state index contributed by atoms with van der Waals surface area (Å²) in [4.78, 5) is 24.2. The number of carboxylic acids is 1. The summed E-state index contributed by atoms with van der Waals surface area (Å²) in [7, 11) is 0. The minimum atomic E-state index is -0.800. The van der Waals surface area contributed by atoms with Crippen LogP contribution in [-0.2, 0) is 30.9 Å². The normalized spacial score (nSPS) is 23.3. The molecule has 6 rings (SSSR count). The van der Waals surface area contributed by atoms with Crippen LogP contribution in [0.5, 0.6) is 0 Å². The Bertz CT molecular complexity index is 1350. The summed E-state index contributed by atoms with van der Waals surface area (Å²) in [5.74, 6) is -0.535. The van der Waals surface area contributed by atoms with Crippen molar-refractivity contribution < 1.29 is 28.7 Å². The van der Waals surface area contributed by atoms with Crippen LogP contribution in [-0.4, -0.2) is 34.4 Å². The van der Waals surface area contributed by atoms with Gasteiger partial charge in [0.25, 0.3) is 0 Å². The molecule has 0 unspecified atom stereocenters. The highest BCUT2D eigenvalue weighted by Gasteiger charge is 2.51. The van der Waals surface area contributed by atoms with Gasteiger partial charge < -0.3 is 19.1 Å². The fourth-order valence-corrected chi connectivity index (χ4v) is 6.19. The van der Waals surface area contributed by atoms with E-state index < -0.39 is 11.6 Å². The first-order chi connectivity index (χ1) is 18.1. The number of esters is 1. The molecule has 2 aliphatic heterocycles. The van der Waals surface area contributed by atoms with Crippen molar-refractivity contribution in [2.24, 2.45) is 0 Å². The molecular formula is C31H35NO6. The molecule has 2 bridgehead atoms. The van der Waals surface area contributed by atoms with Crippen LogP contribution in [0, 0.1) is 20.8 Å². The van der Waals surface area contributed by atoms with Crippen LogP contribution < -0.4 is 0 Å². The van der Waals surface area contributed by atoms with Crippen molar-refractivity contribution in [2.75, 3.05) is 6.61 Å². The van der Waals surface area contributed by atoms with Crippen molar-refractivity contribution >= 4 is 11.9 Å². The largest absolute Gasteiger partial charge is 0.481 e. The van der Waals surface area contributed by atoms with Gasteiger partial charge >= 0.3 is 11.9 Å². The zero-order valence-electron chi connectivity index (χ0n) is 22.5. The molecule has 2 aromatic carbocycles. The van der Waals surface area contributed by atoms with Gasteiger partial charge in [-0.05, 0) is 75.6 Å². The zero-order valence-corrected chi connectivity index (χ0v) is 22.5. The Balaban J connectivity index is 1.33. The SMILES string of the molecule is Cc1cc(C23CCC(CC(=O)O)(CC2)OC3)ccc1-c1onc(C)c1CC(=O)O[C@H](C)c1ccccc1C. The van der Waals surface area contributed by atoms with Gasteiger partial charge in [0.2, 0.25) is 0 Å². The molecule has 7 nitrogen and oxygen atoms in total. The van der Waals surface area contributed by atoms with Crippen LogP contribution in [0.25, 0.3) is 11.3 Å². The number of hydrogen-bond acceptors (Lipinski definition) is 6. The van der Waals surface area contributed by atoms with Crippen molar-refractivity contribution in [2.45, 2.75) is 83.3 Å². The van der Waals surface area contributed by atoms with E-state index in [4.69, 9.17) is 14.0 Å². The first kappa shape index (κ1) is 26.2. The second kappa shape index (κ2) is 10.0. The third-order valence-corrected chi connectivity index (χ3v) is 8.57. The van der Waals surface area contributed by atoms with Crippen LogP contribution in [0.15, 0.2) is 47.0 Å². The number of nitrogens with zero attached hydrogens (tertiary/aromatic N) is 1. The lowest BCUT2D eigenvalue weighted by atomic mass is 9.62. The van der Waals surface area contributed by atoms with Gasteiger partial charge in [-0.15, -0.1) is 0 Å². The van der Waals surface area contributed by atoms with Gasteiger partial charge in [0.15, 0.2) is 5.76 Å². The van der Waals surface area contributed by atoms with Crippen LogP contribution in [0.2, 0.25) is 0 Å². The number of ether oxygens (including phenoxy) is 2. The summed E-state index contributed by atoms with van der Waals surface area (Å²) in [6, 6.07) is 14.2. The molecule has 0 spiro atoms. The summed E-state index contributed by atoms with van der Waals surface area (Å²) in [6.07, 6.45) is 3.14. The van der Waals surface area contributed by atoms with Crippen molar-refractivity contribution in [3.8, 4) is 11.3 Å². The van der Waals surface area contributed by atoms with Gasteiger partial charge in [-0.2, -0.15) is 0 Å². The number of benzene rings is 2. The minimum absolute atomic E-state index is 0.0703. The van der Waals surface area contributed by atoms with Crippen LogP contribution >= 0.6 is 0 Å². The standard InChI is InChI=1S/C31H35NO6/c1-19-7-5-6-8-24(19)22(4)37-28(35)16-26-21(3)32-38-29(26)25-10-9-23(15-20(25)2)30-11-13-31(14-12-30,36-18-30)17-27(33)34/h5-10,15,22H,11-14,16-18H2,1-4H3,(H,33,34)/t22-,30?,31?/m1/s1. The monoisotopic (exact) mass is 517 g/mol. The number of aryl methyl sites for hydroxylation is 3. The van der Waals surface area contributed by atoms with Crippen molar-refractivity contribution in [3.05, 3.63) is 76.0 Å². The number of carbonyl (C=O) groups excluding carboxylic acids is 1. The molecule has 200 valence electrons. The molecule has 38 heavy (non-hydrogen) atoms. The van der Waals surface area contributed by atoms with E-state index in [2.05, 4.69) is 17.3 Å². The molecule has 2 saturated heterocycles. The molecule has 1 N–H and O–H groups in total. The second-order valence-corrected chi connectivity index (χ2v) is 11.1. The number of carbonyl (C=O) groups is 2. The highest BCUT2D eigenvalue weighted by atomic mass is 16.5. The summed E-state index contributed by atoms with van der Waals surface area (Å²) >= 11 is 0. The topological polar surface area (TPSA) is 98.9 Å². The second-order valence-electron chi connectivity index (χ2n) is 11.1. The molecule has 0 amide bonds. The fraction of sp³-hybridized carbons (Fsp3) is 0.452. The van der Waals surface area contributed by atoms with E-state index in [1.165, 1.54) is 5.56 Å². The average Bonchev–Trinajstić information content (AvgIpc) is 3.24. The molecule has 3 aliphatic rings. The Labute approximate surface area is 223 Å². The number of aliphatic carboxylic acids is 1. The van der Waals surface area contributed by atoms with Crippen LogP contribution in [0.3, 0.4) is 0 Å². The molecule has 1 atom stereocenters. The Kier molecular flexibility index (Phi) is 6.90. The predicted molar refractivity (Wildman–Crippen MR) is 142 cm³/mol. The summed E-state index contributed by atoms with van der Waals surface area (Å²) in [6.45, 7) is 8.31. The molecule has 7 heteroatoms. The number of fused-ring (bicyclic) bond motifs is 3. The smallest absolute Gasteiger partial charge is 0.311 e. The third-order valence-electron chi connectivity index (χ3n) is 8.57. The molecule has 1 aliphatic carbocycles. The molecule has 1 aromatic heterocycles. The van der Waals surface area contributed by atoms with Gasteiger partial charge in [0.05, 0.1) is 30.7 Å². The van der Waals surface area contributed by atoms with E-state index >= 15 is 0 Å². The maximum Gasteiger partial charge on any atom is 0.311 e. The van der Waals surface area contributed by atoms with Gasteiger partial charge in [0.1, 0.15) is 6.10 Å². The minimum Gasteiger partial charge on any atom is -0.481 e. The maximum atomic E-state index is 12.9. The van der Waals surface area contributed by atoms with E-state index in [9.17, 15) is 14.7 Å². The fourth-order valence-electron chi connectivity index (χ4n) is 6.19. The van der Waals surface area contributed by atoms with Crippen LogP contribution in [0.4, 0.5) is 0 Å². The Morgan fingerprint density at radius 2 is 1.79 bits per heavy atom. The first-order valence-electron chi connectivity index (χ1n) is 13.3. The molecule has 3 fully saturated rings. The van der Waals surface area contributed by atoms with Gasteiger partial charge in [0, 0.05) is 16.5 Å². The number of rotatable bonds is 8. The average molecular weight is 518 g/mol. The first-order valence-corrected chi connectivity index (χ1v) is 13.3. The summed E-state index contributed by atoms with van der Waals surface area (Å²) in [5, 5.41) is 13.5. The lowest BCUT2D eigenvalue weighted by molar-refractivity contribution is -0.175. The van der Waals surface area contributed by atoms with E-state index in [0.29, 0.717) is 18.1 Å². The van der Waals surface area contributed by atoms with E-state index in [-0.39, 0.29) is 30.3 Å². The Morgan fingerprint density at radius 3 is 2.42 bits per heavy atom. The highest BCUT2D eigenvalue weighted by molar-refractivity contribution is 5.77. The lowest BCUT2D eigenvalue weighted by Crippen LogP contribution is -2.54. The zero-order chi connectivity index (χ0) is 27.1. The Hall–Kier alpha value is -3.45. The third kappa shape index (κ3) is 4.87. The van der Waals surface area contributed by atoms with Crippen LogP contribution in [0.1, 0.15) is 78.6 Å². The number of carboxylic acid groups (broad SMARTS) is 1. The lowest BCUT2D eigenvalue weighted by Gasteiger charge is -2.53. The predicted octanol–water partition coefficient (Wildman–Crippen LogP) is 6.17. The van der Waals surface area contributed by atoms with E-state index in [0.717, 1.165) is 53.5 Å². The van der Waals surface area contributed by atoms with Gasteiger partial charge in [-0.25, -0.2) is 0 Å². The van der Waals surface area contributed by atoms with Crippen molar-refractivity contribution in [3.63, 3.8) is 0 Å². The molecule has 0 radical (unpaired) electrons. The molecule has 3 heterocycles. The van der Waals surface area contributed by atoms with Crippen molar-refractivity contribution in [1.82, 2.24) is 5.16 Å². The maximum absolute atomic E-state index is 12.9. The van der Waals surface area contributed by atoms with E-state index in [1.54, 1.807) is 0 Å². The molecule has 3 aromatic rings. The summed E-state index contributed by atoms with van der Waals surface area (Å²) in [5.41, 5.74) is 5.99. The Morgan fingerprint density at radius 1 is 1.05 bits per heavy atom. The number of aromatic nitrogens is 1. The van der Waals surface area contributed by atoms with E-state index in [1.807, 2.05) is 58.0 Å². The summed E-state index contributed by atoms with van der Waals surface area (Å²) < 4.78 is 17.7.